The van der Waals surface area contributed by atoms with E-state index in [1.807, 2.05) is 30.2 Å². The second kappa shape index (κ2) is 9.36. The second-order valence-corrected chi connectivity index (χ2v) is 10.5. The van der Waals surface area contributed by atoms with Gasteiger partial charge in [-0.3, -0.25) is 9.89 Å². The second-order valence-electron chi connectivity index (χ2n) is 10.5. The Kier molecular flexibility index (Phi) is 5.65. The van der Waals surface area contributed by atoms with Crippen molar-refractivity contribution in [2.24, 2.45) is 0 Å². The van der Waals surface area contributed by atoms with Crippen molar-refractivity contribution < 1.29 is 9.59 Å². The van der Waals surface area contributed by atoms with Gasteiger partial charge in [-0.25, -0.2) is 19.6 Å². The van der Waals surface area contributed by atoms with Gasteiger partial charge in [0.1, 0.15) is 18.4 Å². The van der Waals surface area contributed by atoms with Crippen LogP contribution in [-0.2, 0) is 11.2 Å². The maximum Gasteiger partial charge on any atom is 0.291 e. The Bertz CT molecular complexity index is 1710. The molecule has 2 fully saturated rings. The molecule has 0 aromatic carbocycles. The van der Waals surface area contributed by atoms with E-state index < -0.39 is 0 Å². The number of nitrogens with two attached hydrogens (primary N) is 1. The summed E-state index contributed by atoms with van der Waals surface area (Å²) in [5.74, 6) is 1.29. The van der Waals surface area contributed by atoms with Gasteiger partial charge in [0, 0.05) is 53.5 Å². The van der Waals surface area contributed by atoms with Gasteiger partial charge in [0.05, 0.1) is 18.1 Å². The minimum Gasteiger partial charge on any atom is -0.383 e. The number of H-pyrrole nitrogens is 1. The Balaban J connectivity index is 1.25. The monoisotopic (exact) mass is 537 g/mol. The van der Waals surface area contributed by atoms with Crippen LogP contribution in [0.15, 0.2) is 43.2 Å². The lowest BCUT2D eigenvalue weighted by Gasteiger charge is -2.38. The molecule has 202 valence electrons. The molecule has 13 heteroatoms. The Labute approximate surface area is 228 Å². The molecule has 0 saturated carbocycles. The van der Waals surface area contributed by atoms with Gasteiger partial charge in [-0.2, -0.15) is 19.8 Å². The summed E-state index contributed by atoms with van der Waals surface area (Å²) < 4.78 is 3.32. The van der Waals surface area contributed by atoms with Crippen LogP contribution in [0.1, 0.15) is 59.0 Å². The number of aryl methyl sites for hydroxylation is 1. The smallest absolute Gasteiger partial charge is 0.291 e. The molecule has 2 saturated heterocycles. The van der Waals surface area contributed by atoms with Crippen molar-refractivity contribution >= 4 is 23.7 Å². The molecular formula is C27H27N11O2. The van der Waals surface area contributed by atoms with Crippen LogP contribution in [-0.4, -0.2) is 73.7 Å². The fourth-order valence-corrected chi connectivity index (χ4v) is 6.28. The van der Waals surface area contributed by atoms with E-state index in [-0.39, 0.29) is 36.2 Å². The van der Waals surface area contributed by atoms with Crippen molar-refractivity contribution in [1.82, 2.24) is 49.4 Å². The van der Waals surface area contributed by atoms with Gasteiger partial charge in [0.15, 0.2) is 11.5 Å². The number of hydrogen-bond donors (Lipinski definition) is 2. The zero-order valence-electron chi connectivity index (χ0n) is 21.8. The van der Waals surface area contributed by atoms with Crippen molar-refractivity contribution in [3.05, 3.63) is 65.9 Å². The molecule has 1 unspecified atom stereocenters. The highest BCUT2D eigenvalue weighted by Gasteiger charge is 2.45. The average Bonchev–Trinajstić information content (AvgIpc) is 3.77. The Morgan fingerprint density at radius 3 is 2.60 bits per heavy atom. The Morgan fingerprint density at radius 2 is 1.95 bits per heavy atom. The SMILES string of the molecule is Cc1cnn(-c2ccc(-c3cnn4c(N)c(CC=O)c(C5C[C@H]6CC[C@@H](C5)N6C(=O)c5ncn[nH]5)nc34)cn2)c1. The molecule has 3 atom stereocenters. The molecule has 5 aromatic rings. The molecule has 40 heavy (non-hydrogen) atoms. The molecule has 1 amide bonds. The van der Waals surface area contributed by atoms with Crippen molar-refractivity contribution in [3.8, 4) is 16.9 Å². The fraction of sp³-hybridized carbons (Fsp3) is 0.333. The molecule has 0 radical (unpaired) electrons. The Hall–Kier alpha value is -4.94. The first kappa shape index (κ1) is 24.1. The van der Waals surface area contributed by atoms with Gasteiger partial charge in [-0.05, 0) is 50.3 Å². The minimum atomic E-state index is -0.126. The van der Waals surface area contributed by atoms with E-state index >= 15 is 0 Å². The van der Waals surface area contributed by atoms with Gasteiger partial charge >= 0.3 is 0 Å². The van der Waals surface area contributed by atoms with E-state index in [0.29, 0.717) is 22.8 Å². The van der Waals surface area contributed by atoms with E-state index in [1.165, 1.54) is 6.33 Å². The minimum absolute atomic E-state index is 0.0461. The van der Waals surface area contributed by atoms with Crippen molar-refractivity contribution in [3.63, 3.8) is 0 Å². The van der Waals surface area contributed by atoms with Gasteiger partial charge in [0.25, 0.3) is 5.91 Å². The number of carbonyl (C=O) groups excluding carboxylic acids is 2. The van der Waals surface area contributed by atoms with Gasteiger partial charge < -0.3 is 15.4 Å². The van der Waals surface area contributed by atoms with E-state index in [0.717, 1.165) is 54.4 Å². The topological polar surface area (TPSA) is 166 Å². The van der Waals surface area contributed by atoms with Crippen LogP contribution < -0.4 is 5.73 Å². The summed E-state index contributed by atoms with van der Waals surface area (Å²) in [6.45, 7) is 1.98. The molecule has 0 spiro atoms. The number of amides is 1. The third-order valence-corrected chi connectivity index (χ3v) is 8.08. The van der Waals surface area contributed by atoms with Crippen molar-refractivity contribution in [2.45, 2.75) is 57.0 Å². The van der Waals surface area contributed by atoms with Crippen LogP contribution in [0.5, 0.6) is 0 Å². The maximum atomic E-state index is 13.1. The predicted molar refractivity (Wildman–Crippen MR) is 144 cm³/mol. The summed E-state index contributed by atoms with van der Waals surface area (Å²) in [6, 6.07) is 3.96. The molecule has 7 heterocycles. The first-order chi connectivity index (χ1) is 19.5. The van der Waals surface area contributed by atoms with E-state index in [2.05, 4.69) is 30.4 Å². The number of aromatic amines is 1. The van der Waals surface area contributed by atoms with Crippen LogP contribution in [0.4, 0.5) is 5.82 Å². The number of piperidine rings is 1. The fourth-order valence-electron chi connectivity index (χ4n) is 6.28. The summed E-state index contributed by atoms with van der Waals surface area (Å²) >= 11 is 0. The van der Waals surface area contributed by atoms with Gasteiger partial charge in [0.2, 0.25) is 5.82 Å². The number of pyridine rings is 1. The molecular weight excluding hydrogens is 510 g/mol. The molecule has 2 bridgehead atoms. The molecule has 5 aromatic heterocycles. The summed E-state index contributed by atoms with van der Waals surface area (Å²) in [7, 11) is 0. The normalized spacial score (nSPS) is 20.3. The number of fused-ring (bicyclic) bond motifs is 3. The number of nitrogens with zero attached hydrogens (tertiary/aromatic N) is 9. The van der Waals surface area contributed by atoms with E-state index in [1.54, 1.807) is 27.8 Å². The first-order valence-corrected chi connectivity index (χ1v) is 13.3. The number of hydrogen-bond acceptors (Lipinski definition) is 9. The highest BCUT2D eigenvalue weighted by atomic mass is 16.2. The molecule has 3 N–H and O–H groups in total. The summed E-state index contributed by atoms with van der Waals surface area (Å²) in [4.78, 5) is 40.5. The van der Waals surface area contributed by atoms with Crippen LogP contribution in [0.2, 0.25) is 0 Å². The number of nitrogens with one attached hydrogen (secondary N) is 1. The summed E-state index contributed by atoms with van der Waals surface area (Å²) in [5, 5.41) is 15.4. The van der Waals surface area contributed by atoms with E-state index in [9.17, 15) is 9.59 Å². The molecule has 2 aliphatic heterocycles. The largest absolute Gasteiger partial charge is 0.383 e. The highest BCUT2D eigenvalue weighted by molar-refractivity contribution is 5.91. The van der Waals surface area contributed by atoms with Crippen LogP contribution in [0.25, 0.3) is 22.6 Å². The first-order valence-electron chi connectivity index (χ1n) is 13.3. The van der Waals surface area contributed by atoms with Crippen LogP contribution in [0.3, 0.4) is 0 Å². The van der Waals surface area contributed by atoms with Gasteiger partial charge in [-0.15, -0.1) is 0 Å². The predicted octanol–water partition coefficient (Wildman–Crippen LogP) is 2.28. The number of nitrogen functional groups attached to an aromatic ring is 1. The summed E-state index contributed by atoms with van der Waals surface area (Å²) in [6.07, 6.45) is 12.8. The lowest BCUT2D eigenvalue weighted by Crippen LogP contribution is -2.46. The third kappa shape index (κ3) is 3.84. The number of rotatable bonds is 6. The van der Waals surface area contributed by atoms with Crippen LogP contribution >= 0.6 is 0 Å². The van der Waals surface area contributed by atoms with Gasteiger partial charge in [-0.1, -0.05) is 0 Å². The van der Waals surface area contributed by atoms with E-state index in [4.69, 9.17) is 10.7 Å². The molecule has 13 nitrogen and oxygen atoms in total. The Morgan fingerprint density at radius 1 is 1.12 bits per heavy atom. The zero-order chi connectivity index (χ0) is 27.4. The standard InChI is InChI=1S/C27H27N11O2/c1-15-10-32-36(13-15)22-5-2-16(11-29-22)21-12-33-38-24(28)20(6-7-39)23(34-26(21)38)17-8-18-3-4-19(9-17)37(18)27(40)25-30-14-31-35-25/h2,5,7,10-14,17-19H,3-4,6,8-9,28H2,1H3,(H,30,31,35)/t17?,18-,19+. The quantitative estimate of drug-likeness (QED) is 0.309. The molecule has 7 rings (SSSR count). The van der Waals surface area contributed by atoms with Crippen molar-refractivity contribution in [2.75, 3.05) is 5.73 Å². The highest BCUT2D eigenvalue weighted by Crippen LogP contribution is 2.45. The van der Waals surface area contributed by atoms with Crippen LogP contribution in [0, 0.1) is 6.92 Å². The lowest BCUT2D eigenvalue weighted by atomic mass is 9.85. The molecule has 2 aliphatic rings. The summed E-state index contributed by atoms with van der Waals surface area (Å²) in [5.41, 5.74) is 11.4. The number of carbonyl (C=O) groups is 2. The number of aromatic nitrogens is 9. The zero-order valence-corrected chi connectivity index (χ0v) is 21.8. The number of anilines is 1. The average molecular weight is 538 g/mol. The maximum absolute atomic E-state index is 13.1. The molecule has 0 aliphatic carbocycles. The lowest BCUT2D eigenvalue weighted by molar-refractivity contribution is -0.107. The number of aldehydes is 1. The van der Waals surface area contributed by atoms with Crippen molar-refractivity contribution in [1.29, 1.82) is 0 Å². The third-order valence-electron chi connectivity index (χ3n) is 8.08.